The number of anilines is 1. The molecule has 3 rings (SSSR count). The van der Waals surface area contributed by atoms with E-state index in [0.29, 0.717) is 18.2 Å². The summed E-state index contributed by atoms with van der Waals surface area (Å²) in [6.45, 7) is 9.78. The molecule has 1 aromatic heterocycles. The number of rotatable bonds is 8. The molecule has 5 nitrogen and oxygen atoms in total. The van der Waals surface area contributed by atoms with Crippen molar-refractivity contribution < 1.29 is 9.53 Å². The van der Waals surface area contributed by atoms with Gasteiger partial charge >= 0.3 is 0 Å². The topological polar surface area (TPSA) is 45.7 Å². The highest BCUT2D eigenvalue weighted by Crippen LogP contribution is 2.32. The molecule has 0 spiro atoms. The number of likely N-dealkylation sites (N-methyl/N-ethyl adjacent to an activating group) is 1. The molecule has 0 unspecified atom stereocenters. The molecule has 0 N–H and O–H groups in total. The van der Waals surface area contributed by atoms with Crippen molar-refractivity contribution in [2.24, 2.45) is 0 Å². The molecular weight excluding hydrogens is 394 g/mol. The van der Waals surface area contributed by atoms with Crippen molar-refractivity contribution in [2.75, 3.05) is 38.7 Å². The van der Waals surface area contributed by atoms with Crippen LogP contribution in [0.25, 0.3) is 10.2 Å². The maximum absolute atomic E-state index is 13.1. The van der Waals surface area contributed by atoms with E-state index in [1.807, 2.05) is 38.4 Å². The van der Waals surface area contributed by atoms with Gasteiger partial charge < -0.3 is 9.64 Å². The van der Waals surface area contributed by atoms with Gasteiger partial charge in [-0.05, 0) is 68.8 Å². The Bertz CT molecular complexity index is 1010. The van der Waals surface area contributed by atoms with Gasteiger partial charge in [0.05, 0.1) is 10.2 Å². The van der Waals surface area contributed by atoms with Crippen LogP contribution in [0.3, 0.4) is 0 Å². The molecule has 0 saturated heterocycles. The van der Waals surface area contributed by atoms with E-state index in [1.54, 1.807) is 16.2 Å². The molecule has 1 heterocycles. The zero-order valence-electron chi connectivity index (χ0n) is 18.7. The van der Waals surface area contributed by atoms with Gasteiger partial charge in [0.15, 0.2) is 11.7 Å². The summed E-state index contributed by atoms with van der Waals surface area (Å²) < 4.78 is 6.93. The monoisotopic (exact) mass is 425 g/mol. The second-order valence-corrected chi connectivity index (χ2v) is 9.27. The Morgan fingerprint density at radius 3 is 2.43 bits per heavy atom. The smallest absolute Gasteiger partial charge is 0.266 e. The first kappa shape index (κ1) is 22.2. The van der Waals surface area contributed by atoms with E-state index >= 15 is 0 Å². The first-order valence-electron chi connectivity index (χ1n) is 10.3. The lowest BCUT2D eigenvalue weighted by atomic mass is 10.0. The van der Waals surface area contributed by atoms with Crippen LogP contribution in [0, 0.1) is 13.8 Å². The molecule has 6 heteroatoms. The first-order valence-corrected chi connectivity index (χ1v) is 11.1. The standard InChI is InChI=1S/C24H31N3O2S/c1-16(2)19-7-9-20(10-8-19)29-15-22(28)27(12-11-26(5)6)24-25-21-14-17(3)13-18(4)23(21)30-24/h7-10,13-14,16H,11-12,15H2,1-6H3. The molecule has 0 radical (unpaired) electrons. The number of fused-ring (bicyclic) bond motifs is 1. The lowest BCUT2D eigenvalue weighted by Crippen LogP contribution is -2.39. The number of carbonyl (C=O) groups excluding carboxylic acids is 1. The van der Waals surface area contributed by atoms with Crippen LogP contribution < -0.4 is 9.64 Å². The Kier molecular flexibility index (Phi) is 7.10. The SMILES string of the molecule is Cc1cc(C)c2sc(N(CCN(C)C)C(=O)COc3ccc(C(C)C)cc3)nc2c1. The molecular formula is C24H31N3O2S. The summed E-state index contributed by atoms with van der Waals surface area (Å²) in [4.78, 5) is 21.7. The number of benzene rings is 2. The summed E-state index contributed by atoms with van der Waals surface area (Å²) in [5.74, 6) is 1.09. The number of hydrogen-bond acceptors (Lipinski definition) is 5. The van der Waals surface area contributed by atoms with Gasteiger partial charge in [0, 0.05) is 13.1 Å². The molecule has 2 aromatic carbocycles. The second kappa shape index (κ2) is 9.58. The van der Waals surface area contributed by atoms with Crippen molar-refractivity contribution in [1.82, 2.24) is 9.88 Å². The van der Waals surface area contributed by atoms with Crippen LogP contribution in [-0.2, 0) is 4.79 Å². The maximum Gasteiger partial charge on any atom is 0.266 e. The van der Waals surface area contributed by atoms with E-state index in [0.717, 1.165) is 21.9 Å². The predicted molar refractivity (Wildman–Crippen MR) is 126 cm³/mol. The Hall–Kier alpha value is -2.44. The van der Waals surface area contributed by atoms with Crippen molar-refractivity contribution in [3.8, 4) is 5.75 Å². The minimum Gasteiger partial charge on any atom is -0.484 e. The summed E-state index contributed by atoms with van der Waals surface area (Å²) in [5.41, 5.74) is 4.56. The molecule has 0 saturated carbocycles. The Morgan fingerprint density at radius 2 is 1.80 bits per heavy atom. The van der Waals surface area contributed by atoms with Crippen LogP contribution in [0.2, 0.25) is 0 Å². The van der Waals surface area contributed by atoms with Gasteiger partial charge in [0.2, 0.25) is 0 Å². The lowest BCUT2D eigenvalue weighted by molar-refractivity contribution is -0.120. The molecule has 3 aromatic rings. The number of thiazole rings is 1. The van der Waals surface area contributed by atoms with E-state index in [9.17, 15) is 4.79 Å². The van der Waals surface area contributed by atoms with Crippen molar-refractivity contribution in [2.45, 2.75) is 33.6 Å². The quantitative estimate of drug-likeness (QED) is 0.509. The van der Waals surface area contributed by atoms with E-state index in [4.69, 9.17) is 9.72 Å². The zero-order valence-corrected chi connectivity index (χ0v) is 19.5. The molecule has 0 aliphatic carbocycles. The Labute approximate surface area is 183 Å². The number of aryl methyl sites for hydroxylation is 2. The number of carbonyl (C=O) groups is 1. The van der Waals surface area contributed by atoms with Crippen LogP contribution in [0.5, 0.6) is 5.75 Å². The van der Waals surface area contributed by atoms with Gasteiger partial charge in [0.25, 0.3) is 5.91 Å². The summed E-state index contributed by atoms with van der Waals surface area (Å²) in [6.07, 6.45) is 0. The fourth-order valence-corrected chi connectivity index (χ4v) is 4.34. The molecule has 1 amide bonds. The molecule has 0 aliphatic heterocycles. The minimum absolute atomic E-state index is 0.0115. The third-order valence-corrected chi connectivity index (χ3v) is 6.25. The molecule has 0 atom stereocenters. The Morgan fingerprint density at radius 1 is 1.10 bits per heavy atom. The number of hydrogen-bond donors (Lipinski definition) is 0. The van der Waals surface area contributed by atoms with Gasteiger partial charge in [-0.2, -0.15) is 0 Å². The molecule has 30 heavy (non-hydrogen) atoms. The normalized spacial score (nSPS) is 11.5. The Balaban J connectivity index is 1.79. The third kappa shape index (κ3) is 5.37. The fourth-order valence-electron chi connectivity index (χ4n) is 3.28. The molecule has 0 aliphatic rings. The number of nitrogens with zero attached hydrogens (tertiary/aromatic N) is 3. The van der Waals surface area contributed by atoms with Gasteiger partial charge in [-0.15, -0.1) is 0 Å². The third-order valence-electron chi connectivity index (χ3n) is 5.02. The van der Waals surface area contributed by atoms with Crippen LogP contribution in [-0.4, -0.2) is 49.6 Å². The molecule has 0 fully saturated rings. The van der Waals surface area contributed by atoms with Crippen LogP contribution in [0.4, 0.5) is 5.13 Å². The van der Waals surface area contributed by atoms with E-state index in [-0.39, 0.29) is 12.5 Å². The van der Waals surface area contributed by atoms with Gasteiger partial charge in [-0.1, -0.05) is 43.4 Å². The maximum atomic E-state index is 13.1. The van der Waals surface area contributed by atoms with Crippen molar-refractivity contribution in [3.05, 3.63) is 53.1 Å². The summed E-state index contributed by atoms with van der Waals surface area (Å²) >= 11 is 1.57. The summed E-state index contributed by atoms with van der Waals surface area (Å²) in [7, 11) is 4.00. The van der Waals surface area contributed by atoms with Crippen LogP contribution in [0.15, 0.2) is 36.4 Å². The average molecular weight is 426 g/mol. The number of aromatic nitrogens is 1. The second-order valence-electron chi connectivity index (χ2n) is 8.29. The van der Waals surface area contributed by atoms with E-state index in [2.05, 4.69) is 44.7 Å². The highest BCUT2D eigenvalue weighted by molar-refractivity contribution is 7.22. The first-order chi connectivity index (χ1) is 14.2. The van der Waals surface area contributed by atoms with E-state index < -0.39 is 0 Å². The number of ether oxygens (including phenoxy) is 1. The van der Waals surface area contributed by atoms with Crippen LogP contribution in [0.1, 0.15) is 36.5 Å². The van der Waals surface area contributed by atoms with Crippen molar-refractivity contribution in [1.29, 1.82) is 0 Å². The fraction of sp³-hybridized carbons (Fsp3) is 0.417. The highest BCUT2D eigenvalue weighted by Gasteiger charge is 2.21. The van der Waals surface area contributed by atoms with Crippen molar-refractivity contribution in [3.63, 3.8) is 0 Å². The average Bonchev–Trinajstić information content (AvgIpc) is 3.10. The zero-order chi connectivity index (χ0) is 21.8. The minimum atomic E-state index is -0.0850. The molecule has 160 valence electrons. The van der Waals surface area contributed by atoms with Gasteiger partial charge in [-0.3, -0.25) is 9.69 Å². The molecule has 0 bridgehead atoms. The van der Waals surface area contributed by atoms with Gasteiger partial charge in [0.1, 0.15) is 5.75 Å². The van der Waals surface area contributed by atoms with E-state index in [1.165, 1.54) is 16.7 Å². The predicted octanol–water partition coefficient (Wildman–Crippen LogP) is 5.01. The van der Waals surface area contributed by atoms with Crippen LogP contribution >= 0.6 is 11.3 Å². The summed E-state index contributed by atoms with van der Waals surface area (Å²) in [6, 6.07) is 12.2. The van der Waals surface area contributed by atoms with Crippen molar-refractivity contribution >= 4 is 32.6 Å². The largest absolute Gasteiger partial charge is 0.484 e. The summed E-state index contributed by atoms with van der Waals surface area (Å²) in [5, 5.41) is 0.726. The van der Waals surface area contributed by atoms with Gasteiger partial charge in [-0.25, -0.2) is 4.98 Å². The lowest BCUT2D eigenvalue weighted by Gasteiger charge is -2.22. The highest BCUT2D eigenvalue weighted by atomic mass is 32.1. The number of amides is 1.